The topological polar surface area (TPSA) is 72.0 Å². The summed E-state index contributed by atoms with van der Waals surface area (Å²) in [4.78, 5) is 4.21. The largest absolute Gasteiger partial charge is 0.474 e. The normalized spacial score (nSPS) is 16.8. The smallest absolute Gasteiger partial charge is 0.225 e. The predicted molar refractivity (Wildman–Crippen MR) is 67.5 cm³/mol. The Morgan fingerprint density at radius 3 is 2.76 bits per heavy atom. The quantitative estimate of drug-likeness (QED) is 0.622. The monoisotopic (exact) mass is 233 g/mol. The van der Waals surface area contributed by atoms with Crippen molar-refractivity contribution in [2.24, 2.45) is 5.73 Å². The zero-order valence-corrected chi connectivity index (χ0v) is 10.2. The molecule has 1 aromatic rings. The van der Waals surface area contributed by atoms with Crippen LogP contribution in [0.15, 0.2) is 12.3 Å². The number of hydrogen-bond acceptors (Lipinski definition) is 3. The van der Waals surface area contributed by atoms with Crippen LogP contribution in [-0.4, -0.2) is 16.9 Å². The van der Waals surface area contributed by atoms with Crippen LogP contribution in [-0.2, 0) is 0 Å². The van der Waals surface area contributed by atoms with Gasteiger partial charge in [0.05, 0.1) is 5.56 Å². The van der Waals surface area contributed by atoms with E-state index in [4.69, 9.17) is 15.9 Å². The average molecular weight is 233 g/mol. The minimum Gasteiger partial charge on any atom is -0.474 e. The van der Waals surface area contributed by atoms with Crippen LogP contribution in [0.5, 0.6) is 5.88 Å². The van der Waals surface area contributed by atoms with E-state index in [0.717, 1.165) is 18.4 Å². The van der Waals surface area contributed by atoms with Crippen LogP contribution in [0.25, 0.3) is 0 Å². The number of rotatable bonds is 3. The van der Waals surface area contributed by atoms with Crippen molar-refractivity contribution in [3.63, 3.8) is 0 Å². The Hall–Kier alpha value is -1.58. The van der Waals surface area contributed by atoms with E-state index in [1.807, 2.05) is 13.0 Å². The van der Waals surface area contributed by atoms with Gasteiger partial charge >= 0.3 is 0 Å². The van der Waals surface area contributed by atoms with Crippen LogP contribution in [0.1, 0.15) is 43.2 Å². The van der Waals surface area contributed by atoms with Crippen molar-refractivity contribution < 1.29 is 4.74 Å². The Morgan fingerprint density at radius 1 is 1.41 bits per heavy atom. The zero-order valence-electron chi connectivity index (χ0n) is 10.2. The highest BCUT2D eigenvalue weighted by molar-refractivity contribution is 5.98. The second kappa shape index (κ2) is 5.17. The second-order valence-electron chi connectivity index (χ2n) is 4.60. The van der Waals surface area contributed by atoms with E-state index in [0.29, 0.717) is 11.4 Å². The minimum atomic E-state index is 0.0291. The van der Waals surface area contributed by atoms with Crippen molar-refractivity contribution in [2.45, 2.75) is 45.1 Å². The molecular formula is C13H19N3O. The molecule has 1 fully saturated rings. The second-order valence-corrected chi connectivity index (χ2v) is 4.60. The van der Waals surface area contributed by atoms with Gasteiger partial charge in [-0.1, -0.05) is 6.42 Å². The van der Waals surface area contributed by atoms with Gasteiger partial charge < -0.3 is 10.5 Å². The Bertz CT molecular complexity index is 411. The van der Waals surface area contributed by atoms with Gasteiger partial charge in [-0.25, -0.2) is 4.98 Å². The van der Waals surface area contributed by atoms with Crippen LogP contribution in [0, 0.1) is 12.3 Å². The molecule has 2 rings (SSSR count). The summed E-state index contributed by atoms with van der Waals surface area (Å²) in [5.41, 5.74) is 7.16. The van der Waals surface area contributed by atoms with E-state index >= 15 is 0 Å². The fourth-order valence-corrected chi connectivity index (χ4v) is 2.29. The molecule has 4 nitrogen and oxygen atoms in total. The molecule has 92 valence electrons. The maximum atomic E-state index is 7.59. The molecular weight excluding hydrogens is 214 g/mol. The molecule has 1 heterocycles. The number of amidine groups is 1. The third kappa shape index (κ3) is 2.75. The van der Waals surface area contributed by atoms with Crippen molar-refractivity contribution in [3.05, 3.63) is 23.4 Å². The van der Waals surface area contributed by atoms with Gasteiger partial charge in [-0.05, 0) is 44.2 Å². The first-order valence-corrected chi connectivity index (χ1v) is 6.15. The molecule has 4 heteroatoms. The summed E-state index contributed by atoms with van der Waals surface area (Å²) in [7, 11) is 0. The van der Waals surface area contributed by atoms with Crippen molar-refractivity contribution >= 4 is 5.84 Å². The van der Waals surface area contributed by atoms with Crippen LogP contribution in [0.3, 0.4) is 0 Å². The number of ether oxygens (including phenoxy) is 1. The van der Waals surface area contributed by atoms with Crippen LogP contribution in [0.2, 0.25) is 0 Å². The number of nitrogens with two attached hydrogens (primary N) is 1. The van der Waals surface area contributed by atoms with Gasteiger partial charge in [0.15, 0.2) is 0 Å². The van der Waals surface area contributed by atoms with Crippen molar-refractivity contribution in [3.8, 4) is 5.88 Å². The maximum Gasteiger partial charge on any atom is 0.225 e. The first-order chi connectivity index (χ1) is 8.18. The Labute approximate surface area is 102 Å². The van der Waals surface area contributed by atoms with E-state index < -0.39 is 0 Å². The van der Waals surface area contributed by atoms with Crippen molar-refractivity contribution in [1.29, 1.82) is 5.41 Å². The molecule has 1 aliphatic carbocycles. The Morgan fingerprint density at radius 2 is 2.12 bits per heavy atom. The molecule has 1 saturated carbocycles. The molecule has 0 spiro atoms. The lowest BCUT2D eigenvalue weighted by molar-refractivity contribution is 0.148. The van der Waals surface area contributed by atoms with Gasteiger partial charge in [0.25, 0.3) is 0 Å². The first kappa shape index (κ1) is 11.9. The van der Waals surface area contributed by atoms with E-state index in [9.17, 15) is 0 Å². The minimum absolute atomic E-state index is 0.0291. The van der Waals surface area contributed by atoms with E-state index in [2.05, 4.69) is 4.98 Å². The summed E-state index contributed by atoms with van der Waals surface area (Å²) < 4.78 is 5.90. The summed E-state index contributed by atoms with van der Waals surface area (Å²) in [6.07, 6.45) is 7.81. The van der Waals surface area contributed by atoms with Crippen LogP contribution in [0.4, 0.5) is 0 Å². The van der Waals surface area contributed by atoms with Crippen LogP contribution < -0.4 is 10.5 Å². The molecule has 17 heavy (non-hydrogen) atoms. The van der Waals surface area contributed by atoms with Crippen molar-refractivity contribution in [1.82, 2.24) is 4.98 Å². The van der Waals surface area contributed by atoms with E-state index in [-0.39, 0.29) is 11.9 Å². The first-order valence-electron chi connectivity index (χ1n) is 6.15. The lowest BCUT2D eigenvalue weighted by Crippen LogP contribution is -2.23. The lowest BCUT2D eigenvalue weighted by Gasteiger charge is -2.23. The summed E-state index contributed by atoms with van der Waals surface area (Å²) in [5, 5.41) is 7.59. The molecule has 0 bridgehead atoms. The third-order valence-electron chi connectivity index (χ3n) is 3.22. The SMILES string of the molecule is Cc1ccnc(OC2CCCCC2)c1C(=N)N. The highest BCUT2D eigenvalue weighted by Gasteiger charge is 2.19. The molecule has 0 aromatic carbocycles. The van der Waals surface area contributed by atoms with Crippen LogP contribution >= 0.6 is 0 Å². The van der Waals surface area contributed by atoms with Gasteiger partial charge in [0.1, 0.15) is 11.9 Å². The number of nitrogens with zero attached hydrogens (tertiary/aromatic N) is 1. The summed E-state index contributed by atoms with van der Waals surface area (Å²) >= 11 is 0. The number of pyridine rings is 1. The molecule has 1 aromatic heterocycles. The van der Waals surface area contributed by atoms with Gasteiger partial charge in [0, 0.05) is 6.20 Å². The van der Waals surface area contributed by atoms with Crippen molar-refractivity contribution in [2.75, 3.05) is 0 Å². The summed E-state index contributed by atoms with van der Waals surface area (Å²) in [6.45, 7) is 1.92. The number of hydrogen-bond donors (Lipinski definition) is 2. The molecule has 3 N–H and O–H groups in total. The maximum absolute atomic E-state index is 7.59. The molecule has 1 aliphatic rings. The average Bonchev–Trinajstić information content (AvgIpc) is 2.30. The number of nitrogen functional groups attached to an aromatic ring is 1. The zero-order chi connectivity index (χ0) is 12.3. The Kier molecular flexibility index (Phi) is 3.61. The number of nitrogens with one attached hydrogen (secondary N) is 1. The standard InChI is InChI=1S/C13H19N3O/c1-9-7-8-16-13(11(9)12(14)15)17-10-5-3-2-4-6-10/h7-8,10H,2-6H2,1H3,(H3,14,15). The van der Waals surface area contributed by atoms with Gasteiger partial charge in [-0.3, -0.25) is 5.41 Å². The van der Waals surface area contributed by atoms with Gasteiger partial charge in [-0.15, -0.1) is 0 Å². The lowest BCUT2D eigenvalue weighted by atomic mass is 9.98. The molecule has 0 unspecified atom stereocenters. The highest BCUT2D eigenvalue weighted by Crippen LogP contribution is 2.25. The summed E-state index contributed by atoms with van der Waals surface area (Å²) in [5.74, 6) is 0.547. The fraction of sp³-hybridized carbons (Fsp3) is 0.538. The number of aryl methyl sites for hydroxylation is 1. The summed E-state index contributed by atoms with van der Waals surface area (Å²) in [6, 6.07) is 1.85. The predicted octanol–water partition coefficient (Wildman–Crippen LogP) is 2.39. The fourth-order valence-electron chi connectivity index (χ4n) is 2.29. The third-order valence-corrected chi connectivity index (χ3v) is 3.22. The highest BCUT2D eigenvalue weighted by atomic mass is 16.5. The van der Waals surface area contributed by atoms with Gasteiger partial charge in [0.2, 0.25) is 5.88 Å². The van der Waals surface area contributed by atoms with E-state index in [1.165, 1.54) is 19.3 Å². The molecule has 0 radical (unpaired) electrons. The van der Waals surface area contributed by atoms with Gasteiger partial charge in [-0.2, -0.15) is 0 Å². The molecule has 0 atom stereocenters. The molecule has 0 amide bonds. The Balaban J connectivity index is 2.19. The van der Waals surface area contributed by atoms with E-state index in [1.54, 1.807) is 6.20 Å². The number of aromatic nitrogens is 1. The molecule has 0 aliphatic heterocycles. The molecule has 0 saturated heterocycles.